The molecule has 2 fully saturated rings. The predicted octanol–water partition coefficient (Wildman–Crippen LogP) is 2.82. The van der Waals surface area contributed by atoms with Gasteiger partial charge in [0.25, 0.3) is 0 Å². The Morgan fingerprint density at radius 2 is 1.88 bits per heavy atom. The summed E-state index contributed by atoms with van der Waals surface area (Å²) in [4.78, 5) is 0. The summed E-state index contributed by atoms with van der Waals surface area (Å²) in [6.07, 6.45) is 9.58. The standard InChI is InChI=1S/C13H25NOS/c1-15-13(7-9-14-10-8-13)11-16-12-5-3-2-4-6-12/h12,14H,2-11H2,1H3. The van der Waals surface area contributed by atoms with E-state index in [9.17, 15) is 0 Å². The minimum atomic E-state index is 0.174. The van der Waals surface area contributed by atoms with E-state index in [0.717, 1.165) is 18.3 Å². The largest absolute Gasteiger partial charge is 0.377 e. The van der Waals surface area contributed by atoms with E-state index in [2.05, 4.69) is 17.1 Å². The van der Waals surface area contributed by atoms with Crippen molar-refractivity contribution in [2.45, 2.75) is 55.8 Å². The second-order valence-electron chi connectivity index (χ2n) is 5.21. The number of hydrogen-bond acceptors (Lipinski definition) is 3. The van der Waals surface area contributed by atoms with Gasteiger partial charge in [-0.15, -0.1) is 0 Å². The topological polar surface area (TPSA) is 21.3 Å². The molecule has 0 aromatic rings. The van der Waals surface area contributed by atoms with E-state index >= 15 is 0 Å². The monoisotopic (exact) mass is 243 g/mol. The van der Waals surface area contributed by atoms with E-state index in [-0.39, 0.29) is 5.60 Å². The van der Waals surface area contributed by atoms with E-state index in [1.807, 2.05) is 7.11 Å². The van der Waals surface area contributed by atoms with Gasteiger partial charge >= 0.3 is 0 Å². The van der Waals surface area contributed by atoms with Gasteiger partial charge in [-0.1, -0.05) is 19.3 Å². The van der Waals surface area contributed by atoms with E-state index < -0.39 is 0 Å². The molecule has 0 atom stereocenters. The van der Waals surface area contributed by atoms with Crippen LogP contribution in [0.3, 0.4) is 0 Å². The smallest absolute Gasteiger partial charge is 0.0793 e. The van der Waals surface area contributed by atoms with Gasteiger partial charge in [0.2, 0.25) is 0 Å². The van der Waals surface area contributed by atoms with Crippen LogP contribution in [-0.4, -0.2) is 36.8 Å². The summed E-state index contributed by atoms with van der Waals surface area (Å²) in [5, 5.41) is 4.34. The van der Waals surface area contributed by atoms with Crippen molar-refractivity contribution < 1.29 is 4.74 Å². The molecule has 3 heteroatoms. The van der Waals surface area contributed by atoms with E-state index in [0.29, 0.717) is 0 Å². The number of rotatable bonds is 4. The molecule has 2 aliphatic rings. The van der Waals surface area contributed by atoms with Gasteiger partial charge in [0, 0.05) is 18.1 Å². The van der Waals surface area contributed by atoms with Crippen molar-refractivity contribution in [3.05, 3.63) is 0 Å². The summed E-state index contributed by atoms with van der Waals surface area (Å²) >= 11 is 2.17. The summed E-state index contributed by atoms with van der Waals surface area (Å²) < 4.78 is 5.81. The molecule has 94 valence electrons. The lowest BCUT2D eigenvalue weighted by molar-refractivity contribution is -0.0137. The Bertz CT molecular complexity index is 198. The van der Waals surface area contributed by atoms with Crippen LogP contribution in [0, 0.1) is 0 Å². The lowest BCUT2D eigenvalue weighted by Gasteiger charge is -2.37. The third-order valence-electron chi connectivity index (χ3n) is 4.08. The molecule has 1 heterocycles. The van der Waals surface area contributed by atoms with Gasteiger partial charge < -0.3 is 10.1 Å². The summed E-state index contributed by atoms with van der Waals surface area (Å²) in [6, 6.07) is 0. The van der Waals surface area contributed by atoms with Crippen LogP contribution in [0.1, 0.15) is 44.9 Å². The van der Waals surface area contributed by atoms with Crippen molar-refractivity contribution >= 4 is 11.8 Å². The molecule has 0 radical (unpaired) electrons. The van der Waals surface area contributed by atoms with Crippen LogP contribution in [0.2, 0.25) is 0 Å². The average molecular weight is 243 g/mol. The van der Waals surface area contributed by atoms with Crippen molar-refractivity contribution in [2.75, 3.05) is 26.0 Å². The van der Waals surface area contributed by atoms with Crippen molar-refractivity contribution in [1.82, 2.24) is 5.32 Å². The fourth-order valence-electron chi connectivity index (χ4n) is 2.79. The number of nitrogens with one attached hydrogen (secondary N) is 1. The minimum absolute atomic E-state index is 0.174. The normalized spacial score (nSPS) is 26.8. The van der Waals surface area contributed by atoms with Gasteiger partial charge in [0.1, 0.15) is 0 Å². The summed E-state index contributed by atoms with van der Waals surface area (Å²) in [6.45, 7) is 2.25. The molecule has 1 aliphatic carbocycles. The fraction of sp³-hybridized carbons (Fsp3) is 1.00. The highest BCUT2D eigenvalue weighted by Gasteiger charge is 2.32. The molecule has 1 saturated heterocycles. The number of methoxy groups -OCH3 is 1. The summed E-state index contributed by atoms with van der Waals surface area (Å²) in [7, 11) is 1.90. The molecular formula is C13H25NOS. The molecule has 0 aromatic heterocycles. The van der Waals surface area contributed by atoms with E-state index in [4.69, 9.17) is 4.74 Å². The maximum atomic E-state index is 5.81. The molecule has 16 heavy (non-hydrogen) atoms. The van der Waals surface area contributed by atoms with Gasteiger partial charge in [-0.3, -0.25) is 0 Å². The van der Waals surface area contributed by atoms with Gasteiger partial charge in [-0.2, -0.15) is 11.8 Å². The van der Waals surface area contributed by atoms with Crippen LogP contribution in [0.5, 0.6) is 0 Å². The second kappa shape index (κ2) is 6.27. The third-order valence-corrected chi connectivity index (χ3v) is 5.72. The Morgan fingerprint density at radius 1 is 1.19 bits per heavy atom. The Labute approximate surface area is 104 Å². The van der Waals surface area contributed by atoms with Crippen LogP contribution >= 0.6 is 11.8 Å². The first-order valence-electron chi connectivity index (χ1n) is 6.72. The molecule has 1 N–H and O–H groups in total. The fourth-order valence-corrected chi connectivity index (χ4v) is 4.40. The van der Waals surface area contributed by atoms with Gasteiger partial charge in [-0.25, -0.2) is 0 Å². The Morgan fingerprint density at radius 3 is 2.50 bits per heavy atom. The predicted molar refractivity (Wildman–Crippen MR) is 71.2 cm³/mol. The number of ether oxygens (including phenoxy) is 1. The SMILES string of the molecule is COC1(CSC2CCCCC2)CCNCC1. The second-order valence-corrected chi connectivity index (χ2v) is 6.50. The van der Waals surface area contributed by atoms with Crippen LogP contribution in [-0.2, 0) is 4.74 Å². The zero-order chi connectivity index (χ0) is 11.3. The molecular weight excluding hydrogens is 218 g/mol. The zero-order valence-electron chi connectivity index (χ0n) is 10.5. The molecule has 0 spiro atoms. The van der Waals surface area contributed by atoms with Crippen molar-refractivity contribution in [2.24, 2.45) is 0 Å². The lowest BCUT2D eigenvalue weighted by Crippen LogP contribution is -2.45. The quantitative estimate of drug-likeness (QED) is 0.820. The molecule has 2 nitrogen and oxygen atoms in total. The van der Waals surface area contributed by atoms with E-state index in [1.165, 1.54) is 50.7 Å². The third kappa shape index (κ3) is 3.38. The van der Waals surface area contributed by atoms with Crippen LogP contribution in [0.4, 0.5) is 0 Å². The van der Waals surface area contributed by atoms with Crippen LogP contribution in [0.15, 0.2) is 0 Å². The van der Waals surface area contributed by atoms with Crippen LogP contribution in [0.25, 0.3) is 0 Å². The highest BCUT2D eigenvalue weighted by molar-refractivity contribution is 7.99. The van der Waals surface area contributed by atoms with Crippen molar-refractivity contribution in [1.29, 1.82) is 0 Å². The van der Waals surface area contributed by atoms with Gasteiger partial charge in [-0.05, 0) is 38.8 Å². The molecule has 1 saturated carbocycles. The maximum absolute atomic E-state index is 5.81. The zero-order valence-corrected chi connectivity index (χ0v) is 11.3. The van der Waals surface area contributed by atoms with Crippen molar-refractivity contribution in [3.8, 4) is 0 Å². The highest BCUT2D eigenvalue weighted by atomic mass is 32.2. The minimum Gasteiger partial charge on any atom is -0.377 e. The lowest BCUT2D eigenvalue weighted by atomic mass is 9.94. The molecule has 0 unspecified atom stereocenters. The number of hydrogen-bond donors (Lipinski definition) is 1. The summed E-state index contributed by atoms with van der Waals surface area (Å²) in [5.74, 6) is 1.20. The molecule has 0 aromatic carbocycles. The first kappa shape index (κ1) is 12.7. The molecule has 2 rings (SSSR count). The van der Waals surface area contributed by atoms with Crippen molar-refractivity contribution in [3.63, 3.8) is 0 Å². The molecule has 1 aliphatic heterocycles. The maximum Gasteiger partial charge on any atom is 0.0793 e. The first-order valence-corrected chi connectivity index (χ1v) is 7.77. The van der Waals surface area contributed by atoms with Gasteiger partial charge in [0.05, 0.1) is 5.60 Å². The number of piperidine rings is 1. The molecule has 0 amide bonds. The average Bonchev–Trinajstić information content (AvgIpc) is 2.39. The highest BCUT2D eigenvalue weighted by Crippen LogP contribution is 2.34. The van der Waals surface area contributed by atoms with Crippen LogP contribution < -0.4 is 5.32 Å². The van der Waals surface area contributed by atoms with E-state index in [1.54, 1.807) is 0 Å². The Hall–Kier alpha value is 0.270. The van der Waals surface area contributed by atoms with Gasteiger partial charge in [0.15, 0.2) is 0 Å². The summed E-state index contributed by atoms with van der Waals surface area (Å²) in [5.41, 5.74) is 0.174. The Kier molecular flexibility index (Phi) is 4.98. The molecule has 0 bridgehead atoms. The number of thioether (sulfide) groups is 1. The Balaban J connectivity index is 1.77. The first-order chi connectivity index (χ1) is 7.85.